The van der Waals surface area contributed by atoms with Crippen molar-refractivity contribution in [1.29, 1.82) is 0 Å². The van der Waals surface area contributed by atoms with Crippen LogP contribution in [0.25, 0.3) is 0 Å². The first-order chi connectivity index (χ1) is 10.9. The number of nitrogens with zero attached hydrogens (tertiary/aromatic N) is 3. The molecule has 1 fully saturated rings. The SMILES string of the molecule is CC(C)C[C@H]1C(=O)NCCN1Cc1ccc(N(C)C(C)C)nc1. The van der Waals surface area contributed by atoms with Crippen molar-refractivity contribution in [2.75, 3.05) is 25.0 Å². The van der Waals surface area contributed by atoms with E-state index in [4.69, 9.17) is 0 Å². The van der Waals surface area contributed by atoms with Crippen LogP contribution < -0.4 is 10.2 Å². The maximum Gasteiger partial charge on any atom is 0.237 e. The first-order valence-corrected chi connectivity index (χ1v) is 8.58. The quantitative estimate of drug-likeness (QED) is 0.874. The van der Waals surface area contributed by atoms with Gasteiger partial charge in [0.2, 0.25) is 5.91 Å². The summed E-state index contributed by atoms with van der Waals surface area (Å²) in [4.78, 5) is 21.2. The molecule has 0 bridgehead atoms. The third kappa shape index (κ3) is 4.67. The Kier molecular flexibility index (Phi) is 5.99. The van der Waals surface area contributed by atoms with Crippen LogP contribution in [0, 0.1) is 5.92 Å². The summed E-state index contributed by atoms with van der Waals surface area (Å²) in [5.74, 6) is 1.65. The Balaban J connectivity index is 2.06. The third-order valence-electron chi connectivity index (χ3n) is 4.47. The number of amides is 1. The third-order valence-corrected chi connectivity index (χ3v) is 4.47. The molecular weight excluding hydrogens is 288 g/mol. The lowest BCUT2D eigenvalue weighted by Crippen LogP contribution is -2.55. The molecule has 1 N–H and O–H groups in total. The highest BCUT2D eigenvalue weighted by atomic mass is 16.2. The topological polar surface area (TPSA) is 48.5 Å². The molecule has 0 radical (unpaired) electrons. The molecule has 1 aromatic heterocycles. The number of pyridine rings is 1. The van der Waals surface area contributed by atoms with Crippen molar-refractivity contribution in [3.8, 4) is 0 Å². The molecule has 1 aliphatic heterocycles. The van der Waals surface area contributed by atoms with Crippen molar-refractivity contribution < 1.29 is 4.79 Å². The number of hydrogen-bond donors (Lipinski definition) is 1. The molecule has 1 aromatic rings. The number of rotatable bonds is 6. The van der Waals surface area contributed by atoms with Gasteiger partial charge in [-0.25, -0.2) is 4.98 Å². The van der Waals surface area contributed by atoms with Crippen LogP contribution in [0.3, 0.4) is 0 Å². The van der Waals surface area contributed by atoms with Crippen LogP contribution >= 0.6 is 0 Å². The minimum Gasteiger partial charge on any atom is -0.357 e. The molecule has 5 heteroatoms. The highest BCUT2D eigenvalue weighted by Crippen LogP contribution is 2.18. The average molecular weight is 318 g/mol. The van der Waals surface area contributed by atoms with Crippen molar-refractivity contribution in [2.24, 2.45) is 5.92 Å². The fraction of sp³-hybridized carbons (Fsp3) is 0.667. The number of nitrogens with one attached hydrogen (secondary N) is 1. The Hall–Kier alpha value is -1.62. The minimum atomic E-state index is -0.0261. The monoisotopic (exact) mass is 318 g/mol. The second kappa shape index (κ2) is 7.77. The van der Waals surface area contributed by atoms with Gasteiger partial charge in [-0.2, -0.15) is 0 Å². The Morgan fingerprint density at radius 3 is 2.65 bits per heavy atom. The summed E-state index contributed by atoms with van der Waals surface area (Å²) in [6.07, 6.45) is 2.83. The van der Waals surface area contributed by atoms with Gasteiger partial charge in [-0.3, -0.25) is 9.69 Å². The normalized spacial score (nSPS) is 19.3. The molecule has 23 heavy (non-hydrogen) atoms. The second-order valence-electron chi connectivity index (χ2n) is 7.14. The molecule has 0 spiro atoms. The van der Waals surface area contributed by atoms with E-state index in [-0.39, 0.29) is 11.9 Å². The fourth-order valence-corrected chi connectivity index (χ4v) is 2.87. The highest BCUT2D eigenvalue weighted by molar-refractivity contribution is 5.82. The van der Waals surface area contributed by atoms with E-state index in [2.05, 4.69) is 67.0 Å². The van der Waals surface area contributed by atoms with Gasteiger partial charge < -0.3 is 10.2 Å². The Bertz CT molecular complexity index is 512. The van der Waals surface area contributed by atoms with Crippen molar-refractivity contribution in [1.82, 2.24) is 15.2 Å². The Morgan fingerprint density at radius 1 is 1.35 bits per heavy atom. The standard InChI is InChI=1S/C18H30N4O/c1-13(2)10-16-18(23)19-8-9-22(16)12-15-6-7-17(20-11-15)21(5)14(3)4/h6-7,11,13-14,16H,8-10,12H2,1-5H3,(H,19,23)/t16-/m0/s1. The van der Waals surface area contributed by atoms with E-state index in [0.717, 1.165) is 37.4 Å². The minimum absolute atomic E-state index is 0.0261. The molecule has 2 heterocycles. The summed E-state index contributed by atoms with van der Waals surface area (Å²) in [7, 11) is 2.06. The molecule has 1 atom stereocenters. The van der Waals surface area contributed by atoms with Gasteiger partial charge >= 0.3 is 0 Å². The molecule has 2 rings (SSSR count). The maximum absolute atomic E-state index is 12.2. The van der Waals surface area contributed by atoms with E-state index in [1.54, 1.807) is 0 Å². The number of hydrogen-bond acceptors (Lipinski definition) is 4. The Labute approximate surface area is 140 Å². The first-order valence-electron chi connectivity index (χ1n) is 8.58. The van der Waals surface area contributed by atoms with Gasteiger partial charge in [0.25, 0.3) is 0 Å². The van der Waals surface area contributed by atoms with Crippen LogP contribution in [0.1, 0.15) is 39.7 Å². The van der Waals surface area contributed by atoms with E-state index < -0.39 is 0 Å². The van der Waals surface area contributed by atoms with Crippen molar-refractivity contribution in [3.05, 3.63) is 23.9 Å². The zero-order valence-electron chi connectivity index (χ0n) is 15.0. The average Bonchev–Trinajstić information content (AvgIpc) is 2.50. The van der Waals surface area contributed by atoms with Crippen LogP contribution in [-0.4, -0.2) is 48.0 Å². The molecule has 0 unspecified atom stereocenters. The van der Waals surface area contributed by atoms with Gasteiger partial charge in [0.1, 0.15) is 5.82 Å². The van der Waals surface area contributed by atoms with Crippen LogP contribution in [-0.2, 0) is 11.3 Å². The first kappa shape index (κ1) is 17.7. The molecule has 1 aliphatic rings. The maximum atomic E-state index is 12.2. The number of carbonyl (C=O) groups excluding carboxylic acids is 1. The summed E-state index contributed by atoms with van der Waals surface area (Å²) in [6, 6.07) is 4.59. The molecule has 1 saturated heterocycles. The summed E-state index contributed by atoms with van der Waals surface area (Å²) < 4.78 is 0. The summed E-state index contributed by atoms with van der Waals surface area (Å²) in [5.41, 5.74) is 1.16. The summed E-state index contributed by atoms with van der Waals surface area (Å²) >= 11 is 0. The molecular formula is C18H30N4O. The van der Waals surface area contributed by atoms with Crippen LogP contribution in [0.2, 0.25) is 0 Å². The number of aromatic nitrogens is 1. The summed E-state index contributed by atoms with van der Waals surface area (Å²) in [5, 5.41) is 2.99. The van der Waals surface area contributed by atoms with Gasteiger partial charge in [-0.05, 0) is 37.8 Å². The van der Waals surface area contributed by atoms with E-state index in [1.165, 1.54) is 0 Å². The van der Waals surface area contributed by atoms with Crippen LogP contribution in [0.15, 0.2) is 18.3 Å². The Morgan fingerprint density at radius 2 is 2.09 bits per heavy atom. The predicted molar refractivity (Wildman–Crippen MR) is 94.4 cm³/mol. The molecule has 5 nitrogen and oxygen atoms in total. The molecule has 0 aromatic carbocycles. The number of carbonyl (C=O) groups is 1. The van der Waals surface area contributed by atoms with E-state index in [9.17, 15) is 4.79 Å². The lowest BCUT2D eigenvalue weighted by molar-refractivity contribution is -0.130. The highest BCUT2D eigenvalue weighted by Gasteiger charge is 2.30. The van der Waals surface area contributed by atoms with E-state index in [1.807, 2.05) is 6.20 Å². The fourth-order valence-electron chi connectivity index (χ4n) is 2.87. The lowest BCUT2D eigenvalue weighted by Gasteiger charge is -2.36. The number of anilines is 1. The van der Waals surface area contributed by atoms with Gasteiger partial charge in [0, 0.05) is 38.9 Å². The van der Waals surface area contributed by atoms with Gasteiger partial charge in [-0.15, -0.1) is 0 Å². The van der Waals surface area contributed by atoms with Crippen molar-refractivity contribution in [2.45, 2.75) is 52.7 Å². The smallest absolute Gasteiger partial charge is 0.237 e. The second-order valence-corrected chi connectivity index (χ2v) is 7.14. The van der Waals surface area contributed by atoms with Crippen LogP contribution in [0.5, 0.6) is 0 Å². The van der Waals surface area contributed by atoms with Gasteiger partial charge in [0.15, 0.2) is 0 Å². The lowest BCUT2D eigenvalue weighted by atomic mass is 9.99. The zero-order valence-corrected chi connectivity index (χ0v) is 15.0. The molecule has 128 valence electrons. The van der Waals surface area contributed by atoms with E-state index in [0.29, 0.717) is 12.0 Å². The predicted octanol–water partition coefficient (Wildman–Crippen LogP) is 2.27. The van der Waals surface area contributed by atoms with Gasteiger partial charge in [0.05, 0.1) is 6.04 Å². The number of piperazine rings is 1. The molecule has 0 aliphatic carbocycles. The molecule has 1 amide bonds. The largest absolute Gasteiger partial charge is 0.357 e. The van der Waals surface area contributed by atoms with E-state index >= 15 is 0 Å². The zero-order chi connectivity index (χ0) is 17.0. The summed E-state index contributed by atoms with van der Waals surface area (Å²) in [6.45, 7) is 11.0. The van der Waals surface area contributed by atoms with Crippen LogP contribution in [0.4, 0.5) is 5.82 Å². The van der Waals surface area contributed by atoms with Gasteiger partial charge in [-0.1, -0.05) is 19.9 Å². The van der Waals surface area contributed by atoms with Crippen molar-refractivity contribution in [3.63, 3.8) is 0 Å². The van der Waals surface area contributed by atoms with Crippen molar-refractivity contribution >= 4 is 11.7 Å². The molecule has 0 saturated carbocycles.